The lowest BCUT2D eigenvalue weighted by Gasteiger charge is -2.36. The largest absolute Gasteiger partial charge is 0.366 e. The third-order valence-corrected chi connectivity index (χ3v) is 5.15. The molecule has 1 saturated carbocycles. The van der Waals surface area contributed by atoms with E-state index in [4.69, 9.17) is 11.6 Å². The molecule has 1 N–H and O–H groups in total. The molecule has 7 nitrogen and oxygen atoms in total. The Balaban J connectivity index is 1.54. The lowest BCUT2D eigenvalue weighted by atomic mass is 10.1. The molecule has 2 aromatic rings. The summed E-state index contributed by atoms with van der Waals surface area (Å²) in [7, 11) is 0. The first-order valence-corrected chi connectivity index (χ1v) is 9.27. The molecule has 2 heterocycles. The summed E-state index contributed by atoms with van der Waals surface area (Å²) in [5.41, 5.74) is 2.01. The van der Waals surface area contributed by atoms with Crippen molar-refractivity contribution in [1.82, 2.24) is 15.2 Å². The SMILES string of the molecule is N#Cc1cnc2ccc(Cl)cc2c1N1CCN(C(=O)C(=O)NC2CC2)CC1. The molecule has 2 fully saturated rings. The molecule has 4 rings (SSSR count). The number of fused-ring (bicyclic) bond motifs is 1. The van der Waals surface area contributed by atoms with Crippen LogP contribution in [0, 0.1) is 11.3 Å². The van der Waals surface area contributed by atoms with Crippen LogP contribution in [0.1, 0.15) is 18.4 Å². The Hall–Kier alpha value is -2.85. The Morgan fingerprint density at radius 1 is 1.22 bits per heavy atom. The van der Waals surface area contributed by atoms with Crippen LogP contribution in [-0.2, 0) is 9.59 Å². The van der Waals surface area contributed by atoms with Gasteiger partial charge in [0.25, 0.3) is 0 Å². The van der Waals surface area contributed by atoms with Crippen molar-refractivity contribution in [3.63, 3.8) is 0 Å². The quantitative estimate of drug-likeness (QED) is 0.797. The van der Waals surface area contributed by atoms with Gasteiger partial charge in [-0.3, -0.25) is 14.6 Å². The molecule has 1 saturated heterocycles. The summed E-state index contributed by atoms with van der Waals surface area (Å²) >= 11 is 6.14. The molecule has 2 amide bonds. The first kappa shape index (κ1) is 17.6. The number of nitriles is 1. The summed E-state index contributed by atoms with van der Waals surface area (Å²) in [5, 5.41) is 13.6. The molecule has 138 valence electrons. The molecule has 8 heteroatoms. The lowest BCUT2D eigenvalue weighted by molar-refractivity contribution is -0.146. The van der Waals surface area contributed by atoms with Gasteiger partial charge in [-0.15, -0.1) is 0 Å². The molecule has 0 radical (unpaired) electrons. The number of carbonyl (C=O) groups excluding carboxylic acids is 2. The summed E-state index contributed by atoms with van der Waals surface area (Å²) < 4.78 is 0. The Kier molecular flexibility index (Phi) is 4.58. The van der Waals surface area contributed by atoms with E-state index < -0.39 is 11.8 Å². The van der Waals surface area contributed by atoms with Crippen LogP contribution in [0.3, 0.4) is 0 Å². The van der Waals surface area contributed by atoms with E-state index in [0.717, 1.165) is 29.4 Å². The number of rotatable bonds is 2. The van der Waals surface area contributed by atoms with Crippen molar-refractivity contribution in [3.05, 3.63) is 35.0 Å². The second kappa shape index (κ2) is 7.05. The van der Waals surface area contributed by atoms with Gasteiger partial charge in [0.05, 0.1) is 16.8 Å². The number of piperazine rings is 1. The Morgan fingerprint density at radius 3 is 2.63 bits per heavy atom. The fourth-order valence-electron chi connectivity index (χ4n) is 3.32. The number of pyridine rings is 1. The maximum atomic E-state index is 12.3. The van der Waals surface area contributed by atoms with Crippen LogP contribution < -0.4 is 10.2 Å². The standard InChI is InChI=1S/C19H18ClN5O2/c20-13-1-4-16-15(9-13)17(12(10-21)11-22-16)24-5-7-25(8-6-24)19(27)18(26)23-14-2-3-14/h1,4,9,11,14H,2-3,5-8H2,(H,23,26). The number of halogens is 1. The predicted molar refractivity (Wildman–Crippen MR) is 101 cm³/mol. The fourth-order valence-corrected chi connectivity index (χ4v) is 3.50. The smallest absolute Gasteiger partial charge is 0.312 e. The van der Waals surface area contributed by atoms with E-state index in [1.807, 2.05) is 6.07 Å². The minimum Gasteiger partial charge on any atom is -0.366 e. The topological polar surface area (TPSA) is 89.3 Å². The average Bonchev–Trinajstić information content (AvgIpc) is 3.50. The van der Waals surface area contributed by atoms with Crippen molar-refractivity contribution in [2.75, 3.05) is 31.1 Å². The molecule has 2 aliphatic rings. The zero-order valence-electron chi connectivity index (χ0n) is 14.6. The first-order valence-electron chi connectivity index (χ1n) is 8.90. The zero-order chi connectivity index (χ0) is 19.0. The molecule has 0 atom stereocenters. The Morgan fingerprint density at radius 2 is 1.96 bits per heavy atom. The summed E-state index contributed by atoms with van der Waals surface area (Å²) in [6.07, 6.45) is 3.45. The van der Waals surface area contributed by atoms with Gasteiger partial charge in [0.2, 0.25) is 0 Å². The van der Waals surface area contributed by atoms with Crippen LogP contribution in [0.25, 0.3) is 10.9 Å². The average molecular weight is 384 g/mol. The van der Waals surface area contributed by atoms with Gasteiger partial charge in [0.15, 0.2) is 0 Å². The summed E-state index contributed by atoms with van der Waals surface area (Å²) in [4.78, 5) is 32.2. The number of anilines is 1. The van der Waals surface area contributed by atoms with Crippen molar-refractivity contribution in [1.29, 1.82) is 5.26 Å². The highest BCUT2D eigenvalue weighted by atomic mass is 35.5. The van der Waals surface area contributed by atoms with Gasteiger partial charge < -0.3 is 15.1 Å². The molecule has 1 aliphatic carbocycles. The molecular formula is C19H18ClN5O2. The predicted octanol–water partition coefficient (Wildman–Crippen LogP) is 1.69. The number of hydrogen-bond donors (Lipinski definition) is 1. The van der Waals surface area contributed by atoms with Gasteiger partial charge in [-0.05, 0) is 31.0 Å². The highest BCUT2D eigenvalue weighted by Gasteiger charge is 2.31. The molecule has 27 heavy (non-hydrogen) atoms. The second-order valence-corrected chi connectivity index (χ2v) is 7.26. The minimum atomic E-state index is -0.523. The van der Waals surface area contributed by atoms with Crippen molar-refractivity contribution in [2.24, 2.45) is 0 Å². The van der Waals surface area contributed by atoms with Crippen LogP contribution >= 0.6 is 11.6 Å². The number of carbonyl (C=O) groups is 2. The van der Waals surface area contributed by atoms with Gasteiger partial charge in [-0.1, -0.05) is 11.6 Å². The van der Waals surface area contributed by atoms with E-state index >= 15 is 0 Å². The van der Waals surface area contributed by atoms with Crippen LogP contribution in [0.5, 0.6) is 0 Å². The van der Waals surface area contributed by atoms with Crippen LogP contribution in [0.4, 0.5) is 5.69 Å². The highest BCUT2D eigenvalue weighted by molar-refractivity contribution is 6.35. The highest BCUT2D eigenvalue weighted by Crippen LogP contribution is 2.32. The van der Waals surface area contributed by atoms with E-state index in [1.54, 1.807) is 23.2 Å². The number of nitrogens with zero attached hydrogens (tertiary/aromatic N) is 4. The van der Waals surface area contributed by atoms with Crippen LogP contribution in [-0.4, -0.2) is 53.9 Å². The fraction of sp³-hybridized carbons (Fsp3) is 0.368. The van der Waals surface area contributed by atoms with Gasteiger partial charge in [-0.25, -0.2) is 0 Å². The van der Waals surface area contributed by atoms with E-state index in [-0.39, 0.29) is 6.04 Å². The van der Waals surface area contributed by atoms with Gasteiger partial charge >= 0.3 is 11.8 Å². The first-order chi connectivity index (χ1) is 13.1. The van der Waals surface area contributed by atoms with E-state index in [9.17, 15) is 14.9 Å². The second-order valence-electron chi connectivity index (χ2n) is 6.82. The van der Waals surface area contributed by atoms with Gasteiger partial charge in [0.1, 0.15) is 6.07 Å². The number of hydrogen-bond acceptors (Lipinski definition) is 5. The summed E-state index contributed by atoms with van der Waals surface area (Å²) in [6.45, 7) is 1.91. The van der Waals surface area contributed by atoms with E-state index in [1.165, 1.54) is 0 Å². The number of aromatic nitrogens is 1. The van der Waals surface area contributed by atoms with Crippen LogP contribution in [0.15, 0.2) is 24.4 Å². The molecule has 1 aromatic carbocycles. The Bertz CT molecular complexity index is 958. The van der Waals surface area contributed by atoms with Crippen molar-refractivity contribution >= 4 is 40.0 Å². The number of amides is 2. The molecule has 0 unspecified atom stereocenters. The lowest BCUT2D eigenvalue weighted by Crippen LogP contribution is -2.53. The number of nitrogens with one attached hydrogen (secondary N) is 1. The summed E-state index contributed by atoms with van der Waals surface area (Å²) in [6, 6.07) is 7.75. The van der Waals surface area contributed by atoms with E-state index in [0.29, 0.717) is 36.8 Å². The molecular weight excluding hydrogens is 366 g/mol. The third kappa shape index (κ3) is 3.53. The zero-order valence-corrected chi connectivity index (χ0v) is 15.4. The van der Waals surface area contributed by atoms with Crippen molar-refractivity contribution in [3.8, 4) is 6.07 Å². The van der Waals surface area contributed by atoms with Gasteiger partial charge in [0, 0.05) is 48.8 Å². The molecule has 0 bridgehead atoms. The molecule has 0 spiro atoms. The molecule has 1 aliphatic heterocycles. The normalized spacial score (nSPS) is 16.9. The molecule has 1 aromatic heterocycles. The number of benzene rings is 1. The third-order valence-electron chi connectivity index (χ3n) is 4.91. The minimum absolute atomic E-state index is 0.161. The van der Waals surface area contributed by atoms with Crippen LogP contribution in [0.2, 0.25) is 5.02 Å². The summed E-state index contributed by atoms with van der Waals surface area (Å²) in [5.74, 6) is -1.01. The Labute approximate surface area is 161 Å². The van der Waals surface area contributed by atoms with Gasteiger partial charge in [-0.2, -0.15) is 5.26 Å². The van der Waals surface area contributed by atoms with E-state index in [2.05, 4.69) is 21.3 Å². The maximum Gasteiger partial charge on any atom is 0.312 e. The van der Waals surface area contributed by atoms with Crippen molar-refractivity contribution < 1.29 is 9.59 Å². The maximum absolute atomic E-state index is 12.3. The van der Waals surface area contributed by atoms with Crippen molar-refractivity contribution in [2.45, 2.75) is 18.9 Å². The monoisotopic (exact) mass is 383 g/mol.